The lowest BCUT2D eigenvalue weighted by Crippen LogP contribution is -2.41. The Labute approximate surface area is 97.3 Å². The molecule has 4 nitrogen and oxygen atoms in total. The maximum Gasteiger partial charge on any atom is 0.214 e. The summed E-state index contributed by atoms with van der Waals surface area (Å²) >= 11 is 0. The van der Waals surface area contributed by atoms with Gasteiger partial charge in [-0.2, -0.15) is 0 Å². The maximum absolute atomic E-state index is 12.0. The molecule has 0 aromatic rings. The Morgan fingerprint density at radius 3 is 2.50 bits per heavy atom. The summed E-state index contributed by atoms with van der Waals surface area (Å²) < 4.78 is 37.0. The lowest BCUT2D eigenvalue weighted by Gasteiger charge is -2.31. The Bertz CT molecular complexity index is 287. The van der Waals surface area contributed by atoms with Crippen molar-refractivity contribution in [3.05, 3.63) is 0 Å². The smallest absolute Gasteiger partial charge is 0.214 e. The quantitative estimate of drug-likeness (QED) is 0.753. The third-order valence-electron chi connectivity index (χ3n) is 3.00. The number of nitrogens with one attached hydrogen (secondary N) is 1. The van der Waals surface area contributed by atoms with Crippen LogP contribution in [-0.2, 0) is 10.0 Å². The van der Waals surface area contributed by atoms with Gasteiger partial charge < -0.3 is 5.32 Å². The zero-order chi connectivity index (χ0) is 12.0. The van der Waals surface area contributed by atoms with Gasteiger partial charge in [0.15, 0.2) is 0 Å². The highest BCUT2D eigenvalue weighted by molar-refractivity contribution is 7.89. The molecule has 1 heterocycles. The van der Waals surface area contributed by atoms with Gasteiger partial charge in [-0.3, -0.25) is 4.39 Å². The molecule has 16 heavy (non-hydrogen) atoms. The molecule has 1 saturated heterocycles. The zero-order valence-corrected chi connectivity index (χ0v) is 10.6. The molecule has 0 aliphatic carbocycles. The Balaban J connectivity index is 2.40. The van der Waals surface area contributed by atoms with Gasteiger partial charge in [-0.15, -0.1) is 0 Å². The molecule has 0 aromatic carbocycles. The molecule has 0 unspecified atom stereocenters. The van der Waals surface area contributed by atoms with Gasteiger partial charge in [0.05, 0.1) is 12.4 Å². The summed E-state index contributed by atoms with van der Waals surface area (Å²) in [6, 6.07) is 0. The second kappa shape index (κ2) is 6.51. The summed E-state index contributed by atoms with van der Waals surface area (Å²) in [6.45, 7) is 1.55. The number of hydrogen-bond acceptors (Lipinski definition) is 3. The van der Waals surface area contributed by atoms with Crippen molar-refractivity contribution in [3.63, 3.8) is 0 Å². The molecule has 1 aliphatic heterocycles. The van der Waals surface area contributed by atoms with Crippen LogP contribution in [0.25, 0.3) is 0 Å². The minimum Gasteiger partial charge on any atom is -0.319 e. The fraction of sp³-hybridized carbons (Fsp3) is 1.00. The number of hydrogen-bond donors (Lipinski definition) is 1. The lowest BCUT2D eigenvalue weighted by molar-refractivity contribution is 0.270. The van der Waals surface area contributed by atoms with Crippen molar-refractivity contribution in [2.24, 2.45) is 5.92 Å². The van der Waals surface area contributed by atoms with Gasteiger partial charge in [0.1, 0.15) is 0 Å². The van der Waals surface area contributed by atoms with Crippen LogP contribution in [0.1, 0.15) is 19.3 Å². The van der Waals surface area contributed by atoms with E-state index in [-0.39, 0.29) is 12.2 Å². The van der Waals surface area contributed by atoms with Crippen LogP contribution in [0.2, 0.25) is 0 Å². The van der Waals surface area contributed by atoms with Gasteiger partial charge in [0.2, 0.25) is 10.0 Å². The van der Waals surface area contributed by atoms with Gasteiger partial charge in [0.25, 0.3) is 0 Å². The van der Waals surface area contributed by atoms with Crippen molar-refractivity contribution in [1.29, 1.82) is 0 Å². The van der Waals surface area contributed by atoms with E-state index in [2.05, 4.69) is 5.32 Å². The predicted molar refractivity (Wildman–Crippen MR) is 62.6 cm³/mol. The number of alkyl halides is 1. The standard InChI is InChI=1S/C10H21FN2O2S/c1-12-9-10-3-6-13(7-4-10)16(14,15)8-2-5-11/h10,12H,2-9H2,1H3. The molecule has 96 valence electrons. The van der Waals surface area contributed by atoms with Crippen LogP contribution in [0.15, 0.2) is 0 Å². The van der Waals surface area contributed by atoms with E-state index in [0.29, 0.717) is 19.0 Å². The van der Waals surface area contributed by atoms with E-state index in [4.69, 9.17) is 0 Å². The Hall–Kier alpha value is -0.200. The molecule has 0 spiro atoms. The van der Waals surface area contributed by atoms with Crippen LogP contribution in [0.4, 0.5) is 4.39 Å². The van der Waals surface area contributed by atoms with Gasteiger partial charge in [-0.1, -0.05) is 0 Å². The first kappa shape index (κ1) is 13.9. The second-order valence-corrected chi connectivity index (χ2v) is 6.35. The van der Waals surface area contributed by atoms with Crippen molar-refractivity contribution < 1.29 is 12.8 Å². The topological polar surface area (TPSA) is 49.4 Å². The van der Waals surface area contributed by atoms with Crippen molar-refractivity contribution in [1.82, 2.24) is 9.62 Å². The Morgan fingerprint density at radius 2 is 2.00 bits per heavy atom. The summed E-state index contributed by atoms with van der Waals surface area (Å²) in [5, 5.41) is 3.11. The zero-order valence-electron chi connectivity index (χ0n) is 9.78. The van der Waals surface area contributed by atoms with E-state index in [1.165, 1.54) is 4.31 Å². The third-order valence-corrected chi connectivity index (χ3v) is 4.95. The average molecular weight is 252 g/mol. The van der Waals surface area contributed by atoms with E-state index < -0.39 is 16.7 Å². The molecular weight excluding hydrogens is 231 g/mol. The molecule has 0 saturated carbocycles. The molecule has 0 radical (unpaired) electrons. The summed E-state index contributed by atoms with van der Waals surface area (Å²) in [6.07, 6.45) is 1.91. The largest absolute Gasteiger partial charge is 0.319 e. The van der Waals surface area contributed by atoms with Crippen molar-refractivity contribution in [2.45, 2.75) is 19.3 Å². The molecule has 1 N–H and O–H groups in total. The first-order chi connectivity index (χ1) is 7.60. The number of piperidine rings is 1. The Morgan fingerprint density at radius 1 is 1.38 bits per heavy atom. The molecule has 1 rings (SSSR count). The van der Waals surface area contributed by atoms with Crippen LogP contribution < -0.4 is 5.32 Å². The Kier molecular flexibility index (Phi) is 5.64. The lowest BCUT2D eigenvalue weighted by atomic mass is 9.98. The average Bonchev–Trinajstić information content (AvgIpc) is 2.28. The minimum atomic E-state index is -3.21. The van der Waals surface area contributed by atoms with Crippen molar-refractivity contribution in [3.8, 4) is 0 Å². The summed E-state index contributed by atoms with van der Waals surface area (Å²) in [5.41, 5.74) is 0. The highest BCUT2D eigenvalue weighted by Gasteiger charge is 2.27. The molecule has 0 bridgehead atoms. The van der Waals surface area contributed by atoms with Crippen LogP contribution in [-0.4, -0.2) is 51.8 Å². The first-order valence-electron chi connectivity index (χ1n) is 5.78. The first-order valence-corrected chi connectivity index (χ1v) is 7.39. The molecule has 0 amide bonds. The highest BCUT2D eigenvalue weighted by atomic mass is 32.2. The summed E-state index contributed by atoms with van der Waals surface area (Å²) in [4.78, 5) is 0. The number of rotatable bonds is 6. The van der Waals surface area contributed by atoms with Crippen LogP contribution in [0, 0.1) is 5.92 Å². The van der Waals surface area contributed by atoms with Gasteiger partial charge in [0, 0.05) is 13.1 Å². The number of halogens is 1. The summed E-state index contributed by atoms with van der Waals surface area (Å²) in [5.74, 6) is 0.512. The molecular formula is C10H21FN2O2S. The molecule has 0 aromatic heterocycles. The number of sulfonamides is 1. The number of nitrogens with zero attached hydrogens (tertiary/aromatic N) is 1. The van der Waals surface area contributed by atoms with E-state index in [9.17, 15) is 12.8 Å². The monoisotopic (exact) mass is 252 g/mol. The van der Waals surface area contributed by atoms with E-state index in [1.54, 1.807) is 0 Å². The molecule has 0 atom stereocenters. The van der Waals surface area contributed by atoms with Crippen LogP contribution in [0.3, 0.4) is 0 Å². The van der Waals surface area contributed by atoms with Crippen molar-refractivity contribution in [2.75, 3.05) is 39.1 Å². The molecule has 6 heteroatoms. The van der Waals surface area contributed by atoms with Gasteiger partial charge in [-0.25, -0.2) is 12.7 Å². The molecule has 1 aliphatic rings. The fourth-order valence-corrected chi connectivity index (χ4v) is 3.55. The molecule has 1 fully saturated rings. The second-order valence-electron chi connectivity index (χ2n) is 4.26. The van der Waals surface area contributed by atoms with E-state index in [0.717, 1.165) is 19.4 Å². The highest BCUT2D eigenvalue weighted by Crippen LogP contribution is 2.19. The van der Waals surface area contributed by atoms with Crippen LogP contribution in [0.5, 0.6) is 0 Å². The van der Waals surface area contributed by atoms with Gasteiger partial charge >= 0.3 is 0 Å². The van der Waals surface area contributed by atoms with Gasteiger partial charge in [-0.05, 0) is 38.8 Å². The normalized spacial score (nSPS) is 20.1. The van der Waals surface area contributed by atoms with Crippen molar-refractivity contribution >= 4 is 10.0 Å². The van der Waals surface area contributed by atoms with Crippen LogP contribution >= 0.6 is 0 Å². The minimum absolute atomic E-state index is 0.0554. The third kappa shape index (κ3) is 3.99. The SMILES string of the molecule is CNCC1CCN(S(=O)(=O)CCCF)CC1. The summed E-state index contributed by atoms with van der Waals surface area (Å²) in [7, 11) is -1.30. The van der Waals surface area contributed by atoms with E-state index in [1.807, 2.05) is 7.05 Å². The van der Waals surface area contributed by atoms with E-state index >= 15 is 0 Å². The fourth-order valence-electron chi connectivity index (χ4n) is 2.05. The maximum atomic E-state index is 12.0. The predicted octanol–water partition coefficient (Wildman–Crippen LogP) is 0.607.